The molecule has 14 heteroatoms. The average molecular weight is 548 g/mol. The maximum Gasteiger partial charge on any atom is 0.373 e. The van der Waals surface area contributed by atoms with Crippen LogP contribution in [0.5, 0.6) is 5.75 Å². The smallest absolute Gasteiger partial charge is 0.373 e. The normalized spacial score (nSPS) is 43.4. The van der Waals surface area contributed by atoms with Gasteiger partial charge in [0, 0.05) is 32.1 Å². The summed E-state index contributed by atoms with van der Waals surface area (Å²) in [6.45, 7) is 4.74. The van der Waals surface area contributed by atoms with E-state index in [1.807, 2.05) is 6.92 Å². The standard InChI is InChI=1S/C23H38N3O10P/c1-5-15-17(27)16(24-3)19-20(18(15)28)34-21-23(30,35-19)22(29,8-12(2)33-21)11-25-9-13-6-7-14(10-26-13)36-37(4,31)32/h6-7,10,12,15-21,24-25,27-30H,5,8-9,11H2,1-4H3,(H,31,32)/t12-,15-,16+,17+,18+,19-,20-,21+,22-,23-/m1/s1. The van der Waals surface area contributed by atoms with Crippen molar-refractivity contribution < 1.29 is 48.6 Å². The van der Waals surface area contributed by atoms with Gasteiger partial charge in [-0.3, -0.25) is 4.98 Å². The molecule has 0 aromatic carbocycles. The third-order valence-electron chi connectivity index (χ3n) is 7.42. The lowest BCUT2D eigenvalue weighted by Gasteiger charge is -2.60. The van der Waals surface area contributed by atoms with Gasteiger partial charge in [0.1, 0.15) is 23.6 Å². The second-order valence-corrected chi connectivity index (χ2v) is 12.0. The van der Waals surface area contributed by atoms with Gasteiger partial charge in [0.2, 0.25) is 12.1 Å². The molecule has 3 fully saturated rings. The monoisotopic (exact) mass is 547 g/mol. The largest absolute Gasteiger partial charge is 0.423 e. The minimum Gasteiger partial charge on any atom is -0.423 e. The number of ether oxygens (including phenoxy) is 3. The number of pyridine rings is 1. The van der Waals surface area contributed by atoms with Gasteiger partial charge in [0.05, 0.1) is 36.2 Å². The van der Waals surface area contributed by atoms with Crippen LogP contribution < -0.4 is 15.2 Å². The zero-order valence-electron chi connectivity index (χ0n) is 21.4. The minimum atomic E-state index is -3.70. The van der Waals surface area contributed by atoms with Gasteiger partial charge >= 0.3 is 7.60 Å². The van der Waals surface area contributed by atoms with Crippen LogP contribution in [-0.4, -0.2) is 105 Å². The van der Waals surface area contributed by atoms with Crippen LogP contribution in [-0.2, 0) is 25.3 Å². The molecule has 210 valence electrons. The first-order valence-electron chi connectivity index (χ1n) is 12.4. The number of hydrogen-bond donors (Lipinski definition) is 7. The molecular weight excluding hydrogens is 509 g/mol. The third-order valence-corrected chi connectivity index (χ3v) is 7.97. The summed E-state index contributed by atoms with van der Waals surface area (Å²) in [5.74, 6) is -2.62. The number of likely N-dealkylation sites (N-methyl/N-ethyl adjacent to an activating group) is 1. The first-order chi connectivity index (χ1) is 17.3. The van der Waals surface area contributed by atoms with Crippen molar-refractivity contribution in [3.8, 4) is 5.75 Å². The molecule has 1 aliphatic carbocycles. The van der Waals surface area contributed by atoms with Crippen molar-refractivity contribution in [3.05, 3.63) is 24.0 Å². The van der Waals surface area contributed by atoms with Crippen molar-refractivity contribution in [2.75, 3.05) is 20.3 Å². The van der Waals surface area contributed by atoms with E-state index in [9.17, 15) is 29.9 Å². The van der Waals surface area contributed by atoms with Crippen LogP contribution in [0.25, 0.3) is 0 Å². The van der Waals surface area contributed by atoms with Crippen LogP contribution in [0, 0.1) is 5.92 Å². The molecule has 1 aromatic rings. The summed E-state index contributed by atoms with van der Waals surface area (Å²) in [5.41, 5.74) is -1.30. The SMILES string of the molecule is CC[C@@H]1[C@H](O)[C@H](NC)[C@H]2O[C@]3(O)[C@H](O[C@@H]2[C@H]1O)O[C@H](C)C[C@@]3(O)CNCc1ccc(OP(C)(=O)O)cn1. The molecule has 11 atom stereocenters. The summed E-state index contributed by atoms with van der Waals surface area (Å²) in [4.78, 5) is 13.5. The predicted octanol–water partition coefficient (Wildman–Crippen LogP) is -0.947. The molecule has 1 unspecified atom stereocenters. The number of hydrogen-bond acceptors (Lipinski definition) is 12. The first kappa shape index (κ1) is 28.8. The fourth-order valence-corrected chi connectivity index (χ4v) is 6.11. The van der Waals surface area contributed by atoms with Crippen LogP contribution >= 0.6 is 7.60 Å². The summed E-state index contributed by atoms with van der Waals surface area (Å²) < 4.78 is 34.3. The number of nitrogens with one attached hydrogen (secondary N) is 2. The van der Waals surface area contributed by atoms with E-state index in [-0.39, 0.29) is 25.3 Å². The van der Waals surface area contributed by atoms with Crippen molar-refractivity contribution >= 4 is 7.60 Å². The van der Waals surface area contributed by atoms with Crippen LogP contribution in [0.15, 0.2) is 18.3 Å². The Morgan fingerprint density at radius 2 is 1.95 bits per heavy atom. The Hall–Kier alpha value is -1.22. The van der Waals surface area contributed by atoms with Gasteiger partial charge in [-0.1, -0.05) is 6.92 Å². The predicted molar refractivity (Wildman–Crippen MR) is 130 cm³/mol. The Balaban J connectivity index is 1.49. The van der Waals surface area contributed by atoms with Gasteiger partial charge in [-0.25, -0.2) is 4.57 Å². The Bertz CT molecular complexity index is 982. The van der Waals surface area contributed by atoms with Gasteiger partial charge in [-0.2, -0.15) is 0 Å². The summed E-state index contributed by atoms with van der Waals surface area (Å²) in [6, 6.07) is 2.44. The van der Waals surface area contributed by atoms with E-state index in [2.05, 4.69) is 15.6 Å². The maximum absolute atomic E-state index is 11.7. The number of aliphatic hydroxyl groups is 4. The van der Waals surface area contributed by atoms with Crippen molar-refractivity contribution in [1.82, 2.24) is 15.6 Å². The Morgan fingerprint density at radius 1 is 1.22 bits per heavy atom. The average Bonchev–Trinajstić information content (AvgIpc) is 2.80. The lowest BCUT2D eigenvalue weighted by molar-refractivity contribution is -0.483. The van der Waals surface area contributed by atoms with Crippen molar-refractivity contribution in [2.24, 2.45) is 5.92 Å². The molecule has 0 spiro atoms. The molecule has 4 rings (SSSR count). The highest BCUT2D eigenvalue weighted by Crippen LogP contribution is 2.47. The minimum absolute atomic E-state index is 0.0170. The molecular formula is C23H38N3O10P. The number of aromatic nitrogens is 1. The first-order valence-corrected chi connectivity index (χ1v) is 14.5. The van der Waals surface area contributed by atoms with E-state index < -0.39 is 67.8 Å². The summed E-state index contributed by atoms with van der Waals surface area (Å²) in [5, 5.41) is 51.2. The molecule has 1 aromatic heterocycles. The molecule has 13 nitrogen and oxygen atoms in total. The molecule has 2 aliphatic heterocycles. The second-order valence-electron chi connectivity index (χ2n) is 10.2. The fourth-order valence-electron chi connectivity index (χ4n) is 5.61. The Labute approximate surface area is 215 Å². The van der Waals surface area contributed by atoms with Crippen LogP contribution in [0.4, 0.5) is 0 Å². The Kier molecular flexibility index (Phi) is 8.36. The second kappa shape index (κ2) is 10.7. The molecule has 3 aliphatic rings. The van der Waals surface area contributed by atoms with Gasteiger partial charge in [0.25, 0.3) is 0 Å². The third kappa shape index (κ3) is 5.59. The van der Waals surface area contributed by atoms with Crippen molar-refractivity contribution in [3.63, 3.8) is 0 Å². The molecule has 2 saturated heterocycles. The van der Waals surface area contributed by atoms with Crippen molar-refractivity contribution in [2.45, 2.75) is 87.5 Å². The van der Waals surface area contributed by atoms with Crippen molar-refractivity contribution in [1.29, 1.82) is 0 Å². The van der Waals surface area contributed by atoms with Gasteiger partial charge < -0.3 is 54.7 Å². The van der Waals surface area contributed by atoms with E-state index in [1.165, 1.54) is 12.3 Å². The number of fused-ring (bicyclic) bond motifs is 2. The highest BCUT2D eigenvalue weighted by molar-refractivity contribution is 7.52. The maximum atomic E-state index is 11.7. The lowest BCUT2D eigenvalue weighted by Crippen LogP contribution is -2.80. The quantitative estimate of drug-likeness (QED) is 0.197. The molecule has 0 bridgehead atoms. The lowest BCUT2D eigenvalue weighted by atomic mass is 9.74. The molecule has 0 amide bonds. The summed E-state index contributed by atoms with van der Waals surface area (Å²) in [7, 11) is -2.06. The van der Waals surface area contributed by atoms with Gasteiger partial charge in [0.15, 0.2) is 0 Å². The Morgan fingerprint density at radius 3 is 2.54 bits per heavy atom. The van der Waals surface area contributed by atoms with E-state index in [0.29, 0.717) is 12.1 Å². The van der Waals surface area contributed by atoms with Crippen LogP contribution in [0.3, 0.4) is 0 Å². The van der Waals surface area contributed by atoms with E-state index in [1.54, 1.807) is 20.0 Å². The van der Waals surface area contributed by atoms with E-state index >= 15 is 0 Å². The molecule has 7 N–H and O–H groups in total. The fraction of sp³-hybridized carbons (Fsp3) is 0.783. The van der Waals surface area contributed by atoms with Gasteiger partial charge in [-0.15, -0.1) is 0 Å². The van der Waals surface area contributed by atoms with Crippen LogP contribution in [0.2, 0.25) is 0 Å². The summed E-state index contributed by atoms with van der Waals surface area (Å²) >= 11 is 0. The highest BCUT2D eigenvalue weighted by Gasteiger charge is 2.68. The van der Waals surface area contributed by atoms with E-state index in [4.69, 9.17) is 18.7 Å². The topological polar surface area (TPSA) is 192 Å². The zero-order valence-corrected chi connectivity index (χ0v) is 22.2. The molecule has 37 heavy (non-hydrogen) atoms. The van der Waals surface area contributed by atoms with E-state index in [0.717, 1.165) is 6.66 Å². The molecule has 0 radical (unpaired) electrons. The number of rotatable bonds is 8. The number of aliphatic hydroxyl groups excluding tert-OH is 2. The summed E-state index contributed by atoms with van der Waals surface area (Å²) in [6.07, 6.45) is -3.90. The number of nitrogens with zero attached hydrogens (tertiary/aromatic N) is 1. The zero-order chi connectivity index (χ0) is 27.2. The van der Waals surface area contributed by atoms with Crippen LogP contribution in [0.1, 0.15) is 32.4 Å². The molecule has 3 heterocycles. The van der Waals surface area contributed by atoms with Gasteiger partial charge in [-0.05, 0) is 32.5 Å². The molecule has 1 saturated carbocycles. The highest BCUT2D eigenvalue weighted by atomic mass is 31.2.